The predicted molar refractivity (Wildman–Crippen MR) is 83.3 cm³/mol. The lowest BCUT2D eigenvalue weighted by molar-refractivity contribution is 0.128. The fraction of sp³-hybridized carbons (Fsp3) is 0.714. The van der Waals surface area contributed by atoms with Gasteiger partial charge in [-0.05, 0) is 33.0 Å². The topological polar surface area (TPSA) is 50.3 Å². The van der Waals surface area contributed by atoms with Crippen LogP contribution < -0.4 is 5.32 Å². The normalized spacial score (nSPS) is 11.1. The second kappa shape index (κ2) is 9.91. The lowest BCUT2D eigenvalue weighted by Crippen LogP contribution is -2.25. The number of rotatable bonds is 10. The van der Waals surface area contributed by atoms with Crippen molar-refractivity contribution in [1.82, 2.24) is 14.9 Å². The molecule has 1 aromatic rings. The van der Waals surface area contributed by atoms with Gasteiger partial charge in [-0.2, -0.15) is 0 Å². The van der Waals surface area contributed by atoms with Gasteiger partial charge in [0.15, 0.2) is 5.82 Å². The zero-order valence-electron chi connectivity index (χ0n) is 12.7. The maximum Gasteiger partial charge on any atom is 0.158 e. The van der Waals surface area contributed by atoms with Crippen LogP contribution in [0.5, 0.6) is 0 Å². The van der Waals surface area contributed by atoms with Crippen molar-refractivity contribution in [3.63, 3.8) is 0 Å². The van der Waals surface area contributed by atoms with E-state index in [1.54, 1.807) is 6.07 Å². The number of hydrogen-bond donors (Lipinski definition) is 1. The molecule has 0 amide bonds. The molecule has 0 bridgehead atoms. The molecule has 0 aliphatic rings. The van der Waals surface area contributed by atoms with E-state index in [0.717, 1.165) is 38.4 Å². The lowest BCUT2D eigenvalue weighted by atomic mass is 10.3. The fourth-order valence-electron chi connectivity index (χ4n) is 1.87. The SMILES string of the molecule is CCOCc1nc(Cl)cc(NCCCN(CC)CC)n1. The van der Waals surface area contributed by atoms with Gasteiger partial charge in [-0.3, -0.25) is 0 Å². The van der Waals surface area contributed by atoms with E-state index in [1.807, 2.05) is 6.92 Å². The number of aromatic nitrogens is 2. The van der Waals surface area contributed by atoms with Crippen molar-refractivity contribution in [3.8, 4) is 0 Å². The van der Waals surface area contributed by atoms with Gasteiger partial charge in [0.1, 0.15) is 17.6 Å². The average Bonchev–Trinajstić information content (AvgIpc) is 2.45. The van der Waals surface area contributed by atoms with E-state index in [9.17, 15) is 0 Å². The third-order valence-electron chi connectivity index (χ3n) is 3.03. The minimum absolute atomic E-state index is 0.394. The van der Waals surface area contributed by atoms with Gasteiger partial charge in [0.2, 0.25) is 0 Å². The molecule has 0 aromatic carbocycles. The quantitative estimate of drug-likeness (QED) is 0.532. The van der Waals surface area contributed by atoms with Gasteiger partial charge in [0.25, 0.3) is 0 Å². The maximum atomic E-state index is 5.98. The molecule has 20 heavy (non-hydrogen) atoms. The average molecular weight is 301 g/mol. The van der Waals surface area contributed by atoms with Crippen molar-refractivity contribution in [2.75, 3.05) is 38.1 Å². The molecule has 0 atom stereocenters. The molecule has 0 spiro atoms. The number of nitrogens with zero attached hydrogens (tertiary/aromatic N) is 3. The summed E-state index contributed by atoms with van der Waals surface area (Å²) in [5.74, 6) is 1.38. The minimum Gasteiger partial charge on any atom is -0.374 e. The summed E-state index contributed by atoms with van der Waals surface area (Å²) in [6.07, 6.45) is 1.07. The minimum atomic E-state index is 0.394. The predicted octanol–water partition coefficient (Wildman–Crippen LogP) is 2.81. The number of hydrogen-bond acceptors (Lipinski definition) is 5. The van der Waals surface area contributed by atoms with Gasteiger partial charge < -0.3 is 15.0 Å². The van der Waals surface area contributed by atoms with Crippen LogP contribution in [0.3, 0.4) is 0 Å². The lowest BCUT2D eigenvalue weighted by Gasteiger charge is -2.17. The van der Waals surface area contributed by atoms with Crippen LogP contribution in [-0.2, 0) is 11.3 Å². The van der Waals surface area contributed by atoms with Crippen molar-refractivity contribution in [2.24, 2.45) is 0 Å². The monoisotopic (exact) mass is 300 g/mol. The molecule has 1 rings (SSSR count). The first-order chi connectivity index (χ1) is 9.69. The third-order valence-corrected chi connectivity index (χ3v) is 3.22. The Kier molecular flexibility index (Phi) is 8.49. The summed E-state index contributed by atoms with van der Waals surface area (Å²) in [5, 5.41) is 3.73. The summed E-state index contributed by atoms with van der Waals surface area (Å²) in [4.78, 5) is 10.9. The highest BCUT2D eigenvalue weighted by Gasteiger charge is 2.04. The Bertz CT molecular complexity index is 385. The number of anilines is 1. The molecule has 6 heteroatoms. The molecule has 5 nitrogen and oxygen atoms in total. The van der Waals surface area contributed by atoms with Gasteiger partial charge in [0, 0.05) is 19.2 Å². The highest BCUT2D eigenvalue weighted by Crippen LogP contribution is 2.12. The molecule has 114 valence electrons. The van der Waals surface area contributed by atoms with Crippen molar-refractivity contribution < 1.29 is 4.74 Å². The summed E-state index contributed by atoms with van der Waals surface area (Å²) < 4.78 is 5.30. The maximum absolute atomic E-state index is 5.98. The molecular weight excluding hydrogens is 276 g/mol. The van der Waals surface area contributed by atoms with Gasteiger partial charge in [-0.15, -0.1) is 0 Å². The Morgan fingerprint density at radius 1 is 1.25 bits per heavy atom. The van der Waals surface area contributed by atoms with Crippen LogP contribution in [0, 0.1) is 0 Å². The standard InChI is InChI=1S/C14H25ClN4O/c1-4-19(5-2)9-7-8-16-13-10-12(15)17-14(18-13)11-20-6-3/h10H,4-9,11H2,1-3H3,(H,16,17,18). The number of ether oxygens (including phenoxy) is 1. The molecule has 1 heterocycles. The fourth-order valence-corrected chi connectivity index (χ4v) is 2.07. The van der Waals surface area contributed by atoms with E-state index in [-0.39, 0.29) is 0 Å². The van der Waals surface area contributed by atoms with E-state index in [4.69, 9.17) is 16.3 Å². The second-order valence-electron chi connectivity index (χ2n) is 4.44. The zero-order valence-corrected chi connectivity index (χ0v) is 13.4. The molecule has 1 N–H and O–H groups in total. The van der Waals surface area contributed by atoms with E-state index in [2.05, 4.69) is 34.0 Å². The highest BCUT2D eigenvalue weighted by molar-refractivity contribution is 6.29. The Morgan fingerprint density at radius 3 is 2.65 bits per heavy atom. The van der Waals surface area contributed by atoms with Crippen LogP contribution in [0.25, 0.3) is 0 Å². The van der Waals surface area contributed by atoms with Gasteiger partial charge in [-0.1, -0.05) is 25.4 Å². The molecule has 0 aliphatic carbocycles. The molecule has 1 aromatic heterocycles. The van der Waals surface area contributed by atoms with Crippen LogP contribution in [0.15, 0.2) is 6.07 Å². The molecule has 0 unspecified atom stereocenters. The second-order valence-corrected chi connectivity index (χ2v) is 4.82. The summed E-state index contributed by atoms with van der Waals surface area (Å²) in [6, 6.07) is 1.74. The van der Waals surface area contributed by atoms with E-state index >= 15 is 0 Å². The van der Waals surface area contributed by atoms with E-state index < -0.39 is 0 Å². The molecule has 0 saturated heterocycles. The first-order valence-electron chi connectivity index (χ1n) is 7.27. The summed E-state index contributed by atoms with van der Waals surface area (Å²) >= 11 is 5.98. The molecule has 0 fully saturated rings. The van der Waals surface area contributed by atoms with Crippen LogP contribution in [0.2, 0.25) is 5.15 Å². The molecule has 0 aliphatic heterocycles. The van der Waals surface area contributed by atoms with Crippen LogP contribution in [-0.4, -0.2) is 47.7 Å². The highest BCUT2D eigenvalue weighted by atomic mass is 35.5. The molecular formula is C14H25ClN4O. The summed E-state index contributed by atoms with van der Waals surface area (Å²) in [7, 11) is 0. The van der Waals surface area contributed by atoms with Gasteiger partial charge >= 0.3 is 0 Å². The van der Waals surface area contributed by atoms with Crippen molar-refractivity contribution >= 4 is 17.4 Å². The van der Waals surface area contributed by atoms with Gasteiger partial charge in [0.05, 0.1) is 0 Å². The van der Waals surface area contributed by atoms with Crippen LogP contribution in [0.1, 0.15) is 33.0 Å². The van der Waals surface area contributed by atoms with Crippen molar-refractivity contribution in [1.29, 1.82) is 0 Å². The van der Waals surface area contributed by atoms with Crippen molar-refractivity contribution in [2.45, 2.75) is 33.8 Å². The van der Waals surface area contributed by atoms with Crippen LogP contribution >= 0.6 is 11.6 Å². The zero-order chi connectivity index (χ0) is 14.8. The van der Waals surface area contributed by atoms with E-state index in [1.165, 1.54) is 0 Å². The summed E-state index contributed by atoms with van der Waals surface area (Å²) in [5.41, 5.74) is 0. The Balaban J connectivity index is 2.41. The van der Waals surface area contributed by atoms with Crippen LogP contribution in [0.4, 0.5) is 5.82 Å². The first kappa shape index (κ1) is 17.1. The summed E-state index contributed by atoms with van der Waals surface area (Å²) in [6.45, 7) is 11.5. The Labute approximate surface area is 126 Å². The Hall–Kier alpha value is -0.910. The first-order valence-corrected chi connectivity index (χ1v) is 7.64. The smallest absolute Gasteiger partial charge is 0.158 e. The largest absolute Gasteiger partial charge is 0.374 e. The molecule has 0 saturated carbocycles. The third kappa shape index (κ3) is 6.50. The van der Waals surface area contributed by atoms with E-state index in [0.29, 0.717) is 24.2 Å². The van der Waals surface area contributed by atoms with Crippen molar-refractivity contribution in [3.05, 3.63) is 17.0 Å². The Morgan fingerprint density at radius 2 is 2.00 bits per heavy atom. The molecule has 0 radical (unpaired) electrons. The van der Waals surface area contributed by atoms with Gasteiger partial charge in [-0.25, -0.2) is 9.97 Å². The number of halogens is 1. The number of nitrogens with one attached hydrogen (secondary N) is 1.